The fourth-order valence-corrected chi connectivity index (χ4v) is 2.57. The zero-order valence-corrected chi connectivity index (χ0v) is 16.2. The van der Waals surface area contributed by atoms with Crippen molar-refractivity contribution in [3.05, 3.63) is 58.1 Å². The molecular weight excluding hydrogens is 409 g/mol. The number of halogens is 4. The van der Waals surface area contributed by atoms with Gasteiger partial charge in [0.1, 0.15) is 11.6 Å². The number of hydrogen-bond acceptors (Lipinski definition) is 4. The van der Waals surface area contributed by atoms with Gasteiger partial charge in [0.25, 0.3) is 5.91 Å². The van der Waals surface area contributed by atoms with Gasteiger partial charge in [-0.15, -0.1) is 0 Å². The number of rotatable bonds is 6. The third-order valence-corrected chi connectivity index (χ3v) is 4.02. The summed E-state index contributed by atoms with van der Waals surface area (Å²) in [5.41, 5.74) is -1.05. The van der Waals surface area contributed by atoms with Gasteiger partial charge in [0.15, 0.2) is 11.5 Å². The third-order valence-electron chi connectivity index (χ3n) is 3.70. The molecule has 0 saturated heterocycles. The minimum Gasteiger partial charge on any atom is -0.493 e. The number of benzene rings is 2. The number of hydrogen-bond donors (Lipinski definition) is 1. The highest BCUT2D eigenvalue weighted by Crippen LogP contribution is 2.35. The van der Waals surface area contributed by atoms with Gasteiger partial charge in [-0.1, -0.05) is 17.7 Å². The Morgan fingerprint density at radius 1 is 1.28 bits per heavy atom. The van der Waals surface area contributed by atoms with Crippen molar-refractivity contribution in [2.75, 3.05) is 19.0 Å². The Kier molecular flexibility index (Phi) is 7.13. The first kappa shape index (κ1) is 22.1. The zero-order chi connectivity index (χ0) is 21.6. The standard InChI is InChI=1S/C20H16ClF3N2O3/c1-3-29-18-8-12(16(21)10-17(18)28-2)7-13(11-25)19(27)26-15-6-4-5-14(9-15)20(22,23)24/h4-10H,3H2,1-2H3,(H,26,27)/b13-7-. The van der Waals surface area contributed by atoms with Crippen molar-refractivity contribution >= 4 is 29.3 Å². The average molecular weight is 425 g/mol. The third kappa shape index (κ3) is 5.65. The van der Waals surface area contributed by atoms with Crippen LogP contribution in [0.3, 0.4) is 0 Å². The maximum absolute atomic E-state index is 12.8. The number of amides is 1. The monoisotopic (exact) mass is 424 g/mol. The summed E-state index contributed by atoms with van der Waals surface area (Å²) >= 11 is 6.17. The molecular formula is C20H16ClF3N2O3. The van der Waals surface area contributed by atoms with Gasteiger partial charge in [-0.25, -0.2) is 0 Å². The Balaban J connectivity index is 2.34. The lowest BCUT2D eigenvalue weighted by atomic mass is 10.1. The number of methoxy groups -OCH3 is 1. The minimum absolute atomic E-state index is 0.0955. The molecule has 9 heteroatoms. The minimum atomic E-state index is -4.55. The van der Waals surface area contributed by atoms with Crippen LogP contribution in [-0.2, 0) is 11.0 Å². The van der Waals surface area contributed by atoms with Crippen LogP contribution in [0.25, 0.3) is 6.08 Å². The largest absolute Gasteiger partial charge is 0.493 e. The van der Waals surface area contributed by atoms with Crippen LogP contribution in [-0.4, -0.2) is 19.6 Å². The second-order valence-corrected chi connectivity index (χ2v) is 6.07. The lowest BCUT2D eigenvalue weighted by Gasteiger charge is -2.12. The van der Waals surface area contributed by atoms with E-state index in [0.29, 0.717) is 23.7 Å². The van der Waals surface area contributed by atoms with E-state index < -0.39 is 17.6 Å². The van der Waals surface area contributed by atoms with E-state index in [2.05, 4.69) is 5.32 Å². The molecule has 0 aliphatic carbocycles. The molecule has 0 fully saturated rings. The molecule has 0 spiro atoms. The van der Waals surface area contributed by atoms with Gasteiger partial charge >= 0.3 is 6.18 Å². The summed E-state index contributed by atoms with van der Waals surface area (Å²) in [6, 6.07) is 8.79. The van der Waals surface area contributed by atoms with Gasteiger partial charge < -0.3 is 14.8 Å². The zero-order valence-electron chi connectivity index (χ0n) is 15.4. The predicted octanol–water partition coefficient (Wildman–Crippen LogP) is 5.31. The van der Waals surface area contributed by atoms with Gasteiger partial charge in [0.05, 0.1) is 24.3 Å². The SMILES string of the molecule is CCOc1cc(/C=C(/C#N)C(=O)Nc2cccc(C(F)(F)F)c2)c(Cl)cc1OC. The van der Waals surface area contributed by atoms with Gasteiger partial charge in [-0.2, -0.15) is 18.4 Å². The summed E-state index contributed by atoms with van der Waals surface area (Å²) in [5, 5.41) is 11.8. The number of anilines is 1. The average Bonchev–Trinajstić information content (AvgIpc) is 2.67. The molecule has 0 unspecified atom stereocenters. The van der Waals surface area contributed by atoms with E-state index in [-0.39, 0.29) is 16.3 Å². The Morgan fingerprint density at radius 3 is 2.59 bits per heavy atom. The van der Waals surface area contributed by atoms with Crippen LogP contribution in [0.4, 0.5) is 18.9 Å². The van der Waals surface area contributed by atoms with Crippen molar-refractivity contribution in [3.8, 4) is 17.6 Å². The summed E-state index contributed by atoms with van der Waals surface area (Å²) in [4.78, 5) is 12.4. The highest BCUT2D eigenvalue weighted by Gasteiger charge is 2.30. The number of ether oxygens (including phenoxy) is 2. The molecule has 0 aliphatic rings. The molecule has 2 aromatic rings. The molecule has 0 bridgehead atoms. The van der Waals surface area contributed by atoms with Crippen molar-refractivity contribution in [3.63, 3.8) is 0 Å². The van der Waals surface area contributed by atoms with Crippen LogP contribution >= 0.6 is 11.6 Å². The topological polar surface area (TPSA) is 71.3 Å². The molecule has 2 aromatic carbocycles. The van der Waals surface area contributed by atoms with E-state index in [9.17, 15) is 23.2 Å². The first-order chi connectivity index (χ1) is 13.7. The van der Waals surface area contributed by atoms with E-state index in [1.54, 1.807) is 13.0 Å². The maximum Gasteiger partial charge on any atom is 0.416 e. The summed E-state index contributed by atoms with van der Waals surface area (Å²) in [7, 11) is 1.44. The van der Waals surface area contributed by atoms with Gasteiger partial charge in [0, 0.05) is 11.8 Å². The molecule has 0 aliphatic heterocycles. The summed E-state index contributed by atoms with van der Waals surface area (Å²) in [6.07, 6.45) is -3.34. The maximum atomic E-state index is 12.8. The number of nitrogens with one attached hydrogen (secondary N) is 1. The van der Waals surface area contributed by atoms with Crippen molar-refractivity contribution in [1.29, 1.82) is 5.26 Å². The molecule has 0 aromatic heterocycles. The molecule has 0 saturated carbocycles. The normalized spacial score (nSPS) is 11.6. The van der Waals surface area contributed by atoms with Gasteiger partial charge in [0.2, 0.25) is 0 Å². The lowest BCUT2D eigenvalue weighted by Crippen LogP contribution is -2.14. The molecule has 2 rings (SSSR count). The Labute approximate surface area is 170 Å². The highest BCUT2D eigenvalue weighted by atomic mass is 35.5. The summed E-state index contributed by atoms with van der Waals surface area (Å²) in [5.74, 6) is -0.140. The molecule has 0 atom stereocenters. The molecule has 5 nitrogen and oxygen atoms in total. The number of carbonyl (C=O) groups excluding carboxylic acids is 1. The molecule has 0 radical (unpaired) electrons. The second-order valence-electron chi connectivity index (χ2n) is 5.66. The Morgan fingerprint density at radius 2 is 2.00 bits per heavy atom. The van der Waals surface area contributed by atoms with E-state index >= 15 is 0 Å². The van der Waals surface area contributed by atoms with Crippen molar-refractivity contribution in [2.45, 2.75) is 13.1 Å². The van der Waals surface area contributed by atoms with Crippen LogP contribution in [0, 0.1) is 11.3 Å². The quantitative estimate of drug-likeness (QED) is 0.503. The van der Waals surface area contributed by atoms with Crippen LogP contribution in [0.5, 0.6) is 11.5 Å². The summed E-state index contributed by atoms with van der Waals surface area (Å²) in [6.45, 7) is 2.12. The Bertz CT molecular complexity index is 982. The van der Waals surface area contributed by atoms with Gasteiger partial charge in [-0.3, -0.25) is 4.79 Å². The molecule has 29 heavy (non-hydrogen) atoms. The fourth-order valence-electron chi connectivity index (χ4n) is 2.37. The predicted molar refractivity (Wildman–Crippen MR) is 103 cm³/mol. The molecule has 1 N–H and O–H groups in total. The van der Waals surface area contributed by atoms with Crippen LogP contribution in [0.1, 0.15) is 18.1 Å². The van der Waals surface area contributed by atoms with Crippen LogP contribution in [0.15, 0.2) is 42.0 Å². The number of carbonyl (C=O) groups is 1. The summed E-state index contributed by atoms with van der Waals surface area (Å²) < 4.78 is 49.0. The number of nitrogens with zero attached hydrogens (tertiary/aromatic N) is 1. The van der Waals surface area contributed by atoms with Crippen LogP contribution < -0.4 is 14.8 Å². The first-order valence-electron chi connectivity index (χ1n) is 8.30. The van der Waals surface area contributed by atoms with Crippen molar-refractivity contribution in [1.82, 2.24) is 0 Å². The smallest absolute Gasteiger partial charge is 0.416 e. The lowest BCUT2D eigenvalue weighted by molar-refractivity contribution is -0.137. The van der Waals surface area contributed by atoms with Gasteiger partial charge in [-0.05, 0) is 42.8 Å². The van der Waals surface area contributed by atoms with Crippen molar-refractivity contribution in [2.24, 2.45) is 0 Å². The molecule has 0 heterocycles. The fraction of sp³-hybridized carbons (Fsp3) is 0.200. The van der Waals surface area contributed by atoms with E-state index in [1.165, 1.54) is 31.4 Å². The van der Waals surface area contributed by atoms with Crippen LogP contribution in [0.2, 0.25) is 5.02 Å². The van der Waals surface area contributed by atoms with E-state index in [4.69, 9.17) is 21.1 Å². The second kappa shape index (κ2) is 9.34. The molecule has 152 valence electrons. The van der Waals surface area contributed by atoms with E-state index in [1.807, 2.05) is 0 Å². The highest BCUT2D eigenvalue weighted by molar-refractivity contribution is 6.32. The Hall–Kier alpha value is -3.18. The first-order valence-corrected chi connectivity index (χ1v) is 8.68. The molecule has 1 amide bonds. The van der Waals surface area contributed by atoms with Crippen molar-refractivity contribution < 1.29 is 27.4 Å². The number of alkyl halides is 3. The number of nitriles is 1. The van der Waals surface area contributed by atoms with E-state index in [0.717, 1.165) is 18.2 Å².